The van der Waals surface area contributed by atoms with Gasteiger partial charge >= 0.3 is 0 Å². The third-order valence-corrected chi connectivity index (χ3v) is 2.52. The highest BCUT2D eigenvalue weighted by molar-refractivity contribution is 5.51. The number of nitrogens with two attached hydrogens (primary N) is 1. The molecule has 0 spiro atoms. The standard InChI is InChI=1S/C10H15N3O/c11-8-3-2-6-13(7-8)10-9(14)4-1-5-12-10/h1,4-5,8,14H,2-3,6-7,11H2. The van der Waals surface area contributed by atoms with Crippen LogP contribution in [0, 0.1) is 0 Å². The van der Waals surface area contributed by atoms with E-state index in [4.69, 9.17) is 5.73 Å². The van der Waals surface area contributed by atoms with Crippen molar-refractivity contribution in [2.24, 2.45) is 5.73 Å². The Hall–Kier alpha value is -1.29. The minimum Gasteiger partial charge on any atom is -0.504 e. The van der Waals surface area contributed by atoms with Gasteiger partial charge in [-0.15, -0.1) is 0 Å². The number of aromatic nitrogens is 1. The van der Waals surface area contributed by atoms with Crippen molar-refractivity contribution in [3.8, 4) is 5.75 Å². The summed E-state index contributed by atoms with van der Waals surface area (Å²) in [6.45, 7) is 1.71. The smallest absolute Gasteiger partial charge is 0.171 e. The number of rotatable bonds is 1. The Morgan fingerprint density at radius 1 is 1.57 bits per heavy atom. The number of piperidine rings is 1. The molecule has 1 unspecified atom stereocenters. The Balaban J connectivity index is 2.18. The van der Waals surface area contributed by atoms with Crippen molar-refractivity contribution >= 4 is 5.82 Å². The molecule has 0 aromatic carbocycles. The molecule has 4 nitrogen and oxygen atoms in total. The fourth-order valence-corrected chi connectivity index (χ4v) is 1.83. The molecule has 2 rings (SSSR count). The summed E-state index contributed by atoms with van der Waals surface area (Å²) in [6.07, 6.45) is 3.82. The normalized spacial score (nSPS) is 22.4. The quantitative estimate of drug-likeness (QED) is 0.689. The lowest BCUT2D eigenvalue weighted by molar-refractivity contribution is 0.457. The molecule has 1 saturated heterocycles. The fourth-order valence-electron chi connectivity index (χ4n) is 1.83. The lowest BCUT2D eigenvalue weighted by Gasteiger charge is -2.31. The van der Waals surface area contributed by atoms with Crippen molar-refractivity contribution in [1.29, 1.82) is 0 Å². The van der Waals surface area contributed by atoms with Gasteiger partial charge in [0.2, 0.25) is 0 Å². The first-order valence-electron chi connectivity index (χ1n) is 4.92. The zero-order valence-corrected chi connectivity index (χ0v) is 8.06. The van der Waals surface area contributed by atoms with E-state index in [1.807, 2.05) is 4.90 Å². The van der Waals surface area contributed by atoms with Crippen molar-refractivity contribution in [3.63, 3.8) is 0 Å². The molecule has 0 amide bonds. The maximum atomic E-state index is 9.60. The van der Waals surface area contributed by atoms with E-state index in [1.165, 1.54) is 0 Å². The molecule has 1 fully saturated rings. The van der Waals surface area contributed by atoms with Gasteiger partial charge in [0, 0.05) is 25.3 Å². The summed E-state index contributed by atoms with van der Waals surface area (Å²) in [5.41, 5.74) is 5.86. The van der Waals surface area contributed by atoms with Crippen molar-refractivity contribution < 1.29 is 5.11 Å². The Labute approximate surface area is 83.4 Å². The average molecular weight is 193 g/mol. The SMILES string of the molecule is NC1CCCN(c2ncccc2O)C1. The molecule has 3 N–H and O–H groups in total. The first kappa shape index (κ1) is 9.27. The maximum Gasteiger partial charge on any atom is 0.171 e. The van der Waals surface area contributed by atoms with Crippen LogP contribution in [0.25, 0.3) is 0 Å². The predicted molar refractivity (Wildman–Crippen MR) is 55.3 cm³/mol. The summed E-state index contributed by atoms with van der Waals surface area (Å²) in [4.78, 5) is 6.20. The minimum atomic E-state index is 0.199. The van der Waals surface area contributed by atoms with Crippen molar-refractivity contribution in [2.45, 2.75) is 18.9 Å². The largest absolute Gasteiger partial charge is 0.504 e. The number of pyridine rings is 1. The van der Waals surface area contributed by atoms with E-state index in [0.29, 0.717) is 5.82 Å². The molecular weight excluding hydrogens is 178 g/mol. The van der Waals surface area contributed by atoms with Gasteiger partial charge in [-0.05, 0) is 25.0 Å². The molecule has 76 valence electrons. The number of anilines is 1. The van der Waals surface area contributed by atoms with Gasteiger partial charge in [-0.3, -0.25) is 0 Å². The van der Waals surface area contributed by atoms with E-state index in [0.717, 1.165) is 25.9 Å². The lowest BCUT2D eigenvalue weighted by atomic mass is 10.1. The average Bonchev–Trinajstić information content (AvgIpc) is 2.18. The van der Waals surface area contributed by atoms with E-state index in [1.54, 1.807) is 18.3 Å². The van der Waals surface area contributed by atoms with Crippen LogP contribution in [0.15, 0.2) is 18.3 Å². The van der Waals surface area contributed by atoms with E-state index < -0.39 is 0 Å². The Morgan fingerprint density at radius 3 is 3.14 bits per heavy atom. The summed E-state index contributed by atoms with van der Waals surface area (Å²) < 4.78 is 0. The predicted octanol–water partition coefficient (Wildman–Crippen LogP) is 0.715. The number of aromatic hydroxyl groups is 1. The first-order chi connectivity index (χ1) is 6.77. The van der Waals surface area contributed by atoms with Crippen LogP contribution in [-0.2, 0) is 0 Å². The van der Waals surface area contributed by atoms with Crippen LogP contribution >= 0.6 is 0 Å². The number of hydrogen-bond acceptors (Lipinski definition) is 4. The number of nitrogens with zero attached hydrogens (tertiary/aromatic N) is 2. The molecule has 1 atom stereocenters. The molecule has 14 heavy (non-hydrogen) atoms. The second-order valence-electron chi connectivity index (χ2n) is 3.69. The van der Waals surface area contributed by atoms with Gasteiger partial charge in [0.25, 0.3) is 0 Å². The summed E-state index contributed by atoms with van der Waals surface area (Å²) in [5, 5.41) is 9.60. The van der Waals surface area contributed by atoms with E-state index in [-0.39, 0.29) is 11.8 Å². The van der Waals surface area contributed by atoms with Gasteiger partial charge in [-0.1, -0.05) is 0 Å². The van der Waals surface area contributed by atoms with Gasteiger partial charge in [0.15, 0.2) is 11.6 Å². The van der Waals surface area contributed by atoms with Crippen molar-refractivity contribution in [2.75, 3.05) is 18.0 Å². The third-order valence-electron chi connectivity index (χ3n) is 2.52. The molecular formula is C10H15N3O. The number of hydrogen-bond donors (Lipinski definition) is 2. The van der Waals surface area contributed by atoms with E-state index in [2.05, 4.69) is 4.98 Å². The summed E-state index contributed by atoms with van der Waals surface area (Å²) in [7, 11) is 0. The van der Waals surface area contributed by atoms with Crippen LogP contribution in [0.2, 0.25) is 0 Å². The van der Waals surface area contributed by atoms with Crippen LogP contribution in [0.5, 0.6) is 5.75 Å². The molecule has 2 heterocycles. The molecule has 1 aromatic rings. The molecule has 4 heteroatoms. The van der Waals surface area contributed by atoms with Crippen LogP contribution < -0.4 is 10.6 Å². The maximum absolute atomic E-state index is 9.60. The zero-order valence-electron chi connectivity index (χ0n) is 8.06. The Kier molecular flexibility index (Phi) is 2.54. The Bertz CT molecular complexity index is 316. The van der Waals surface area contributed by atoms with Crippen LogP contribution in [-0.4, -0.2) is 29.2 Å². The monoisotopic (exact) mass is 193 g/mol. The molecule has 1 aliphatic heterocycles. The molecule has 0 saturated carbocycles. The zero-order chi connectivity index (χ0) is 9.97. The highest BCUT2D eigenvalue weighted by Crippen LogP contribution is 2.25. The van der Waals surface area contributed by atoms with E-state index >= 15 is 0 Å². The van der Waals surface area contributed by atoms with Gasteiger partial charge in [-0.25, -0.2) is 4.98 Å². The molecule has 0 radical (unpaired) electrons. The third kappa shape index (κ3) is 1.80. The molecule has 1 aliphatic rings. The molecule has 0 aliphatic carbocycles. The fraction of sp³-hybridized carbons (Fsp3) is 0.500. The first-order valence-corrected chi connectivity index (χ1v) is 4.92. The summed E-state index contributed by atoms with van der Waals surface area (Å²) in [5.74, 6) is 0.893. The minimum absolute atomic E-state index is 0.199. The second-order valence-corrected chi connectivity index (χ2v) is 3.69. The van der Waals surface area contributed by atoms with Crippen LogP contribution in [0.4, 0.5) is 5.82 Å². The van der Waals surface area contributed by atoms with Gasteiger partial charge in [-0.2, -0.15) is 0 Å². The van der Waals surface area contributed by atoms with Crippen molar-refractivity contribution in [1.82, 2.24) is 4.98 Å². The van der Waals surface area contributed by atoms with Crippen molar-refractivity contribution in [3.05, 3.63) is 18.3 Å². The van der Waals surface area contributed by atoms with Crippen LogP contribution in [0.3, 0.4) is 0 Å². The lowest BCUT2D eigenvalue weighted by Crippen LogP contribution is -2.43. The Morgan fingerprint density at radius 2 is 2.43 bits per heavy atom. The highest BCUT2D eigenvalue weighted by Gasteiger charge is 2.19. The highest BCUT2D eigenvalue weighted by atomic mass is 16.3. The summed E-state index contributed by atoms with van der Waals surface area (Å²) in [6, 6.07) is 3.58. The summed E-state index contributed by atoms with van der Waals surface area (Å²) >= 11 is 0. The van der Waals surface area contributed by atoms with Gasteiger partial charge in [0.05, 0.1) is 0 Å². The molecule has 1 aromatic heterocycles. The van der Waals surface area contributed by atoms with Gasteiger partial charge < -0.3 is 15.7 Å². The van der Waals surface area contributed by atoms with Gasteiger partial charge in [0.1, 0.15) is 0 Å². The van der Waals surface area contributed by atoms with E-state index in [9.17, 15) is 5.11 Å². The van der Waals surface area contributed by atoms with Crippen LogP contribution in [0.1, 0.15) is 12.8 Å². The second kappa shape index (κ2) is 3.84. The molecule has 0 bridgehead atoms. The topological polar surface area (TPSA) is 62.4 Å².